The van der Waals surface area contributed by atoms with Crippen molar-refractivity contribution in [1.29, 1.82) is 0 Å². The van der Waals surface area contributed by atoms with Crippen LogP contribution in [-0.4, -0.2) is 23.6 Å². The van der Waals surface area contributed by atoms with Gasteiger partial charge in [-0.2, -0.15) is 0 Å². The summed E-state index contributed by atoms with van der Waals surface area (Å²) in [5.74, 6) is 0.0191. The third-order valence-electron chi connectivity index (χ3n) is 2.03. The zero-order valence-electron chi connectivity index (χ0n) is 8.71. The van der Waals surface area contributed by atoms with Crippen LogP contribution in [0.4, 0.5) is 0 Å². The number of aromatic nitrogens is 1. The van der Waals surface area contributed by atoms with Gasteiger partial charge in [0.2, 0.25) is 5.91 Å². The molecule has 0 bridgehead atoms. The van der Waals surface area contributed by atoms with Crippen molar-refractivity contribution in [1.82, 2.24) is 15.2 Å². The van der Waals surface area contributed by atoms with Crippen LogP contribution in [0.3, 0.4) is 0 Å². The molecule has 0 saturated heterocycles. The number of rotatable bonds is 5. The molecule has 1 amide bonds. The minimum Gasteiger partial charge on any atom is -0.355 e. The number of carbonyl (C=O) groups excluding carboxylic acids is 1. The zero-order valence-corrected chi connectivity index (χ0v) is 8.71. The third-order valence-corrected chi connectivity index (χ3v) is 2.03. The largest absolute Gasteiger partial charge is 0.355 e. The smallest absolute Gasteiger partial charge is 0.216 e. The topological polar surface area (TPSA) is 46.1 Å². The van der Waals surface area contributed by atoms with Crippen LogP contribution in [0, 0.1) is 0 Å². The van der Waals surface area contributed by atoms with Gasteiger partial charge in [-0.1, -0.05) is 0 Å². The molecule has 0 atom stereocenters. The quantitative estimate of drug-likeness (QED) is 0.662. The van der Waals surface area contributed by atoms with Gasteiger partial charge >= 0.3 is 0 Å². The summed E-state index contributed by atoms with van der Waals surface area (Å²) in [6.45, 7) is 3.84. The molecule has 0 saturated carbocycles. The van der Waals surface area contributed by atoms with Crippen molar-refractivity contribution in [3.05, 3.63) is 24.0 Å². The molecule has 78 valence electrons. The maximum Gasteiger partial charge on any atom is 0.216 e. The van der Waals surface area contributed by atoms with E-state index in [0.29, 0.717) is 6.54 Å². The molecule has 0 unspecified atom stereocenters. The molecular formula is C10H17N3O. The zero-order chi connectivity index (χ0) is 10.4. The van der Waals surface area contributed by atoms with E-state index in [1.165, 1.54) is 12.6 Å². The van der Waals surface area contributed by atoms with Crippen molar-refractivity contribution >= 4 is 5.91 Å². The maximum absolute atomic E-state index is 10.5. The summed E-state index contributed by atoms with van der Waals surface area (Å²) in [5, 5.41) is 5.98. The average molecular weight is 195 g/mol. The molecule has 0 aliphatic rings. The Bertz CT molecular complexity index is 293. The van der Waals surface area contributed by atoms with Crippen molar-refractivity contribution in [2.45, 2.75) is 13.5 Å². The van der Waals surface area contributed by atoms with Crippen LogP contribution in [0.25, 0.3) is 0 Å². The fourth-order valence-electron chi connectivity index (χ4n) is 1.22. The number of carbonyl (C=O) groups is 1. The Morgan fingerprint density at radius 1 is 1.50 bits per heavy atom. The molecule has 1 heterocycles. The molecule has 4 nitrogen and oxygen atoms in total. The van der Waals surface area contributed by atoms with E-state index in [1.807, 2.05) is 19.3 Å². The van der Waals surface area contributed by atoms with Gasteiger partial charge in [0, 0.05) is 45.5 Å². The lowest BCUT2D eigenvalue weighted by Crippen LogP contribution is -2.30. The number of nitrogens with one attached hydrogen (secondary N) is 2. The lowest BCUT2D eigenvalue weighted by Gasteiger charge is -2.06. The molecule has 4 heteroatoms. The Balaban J connectivity index is 2.10. The predicted octanol–water partition coefficient (Wildman–Crippen LogP) is 0.251. The average Bonchev–Trinajstić information content (AvgIpc) is 2.51. The summed E-state index contributed by atoms with van der Waals surface area (Å²) in [6, 6.07) is 4.09. The Hall–Kier alpha value is -1.29. The van der Waals surface area contributed by atoms with Crippen LogP contribution in [-0.2, 0) is 18.4 Å². The first kappa shape index (κ1) is 10.8. The fourth-order valence-corrected chi connectivity index (χ4v) is 1.22. The Morgan fingerprint density at radius 2 is 2.29 bits per heavy atom. The normalized spacial score (nSPS) is 10.1. The fraction of sp³-hybridized carbons (Fsp3) is 0.500. The number of amides is 1. The molecule has 0 spiro atoms. The summed E-state index contributed by atoms with van der Waals surface area (Å²) in [5.41, 5.74) is 1.24. The lowest BCUT2D eigenvalue weighted by molar-refractivity contribution is -0.118. The summed E-state index contributed by atoms with van der Waals surface area (Å²) >= 11 is 0. The van der Waals surface area contributed by atoms with Crippen molar-refractivity contribution < 1.29 is 4.79 Å². The maximum atomic E-state index is 10.5. The van der Waals surface area contributed by atoms with Crippen molar-refractivity contribution in [2.75, 3.05) is 13.1 Å². The van der Waals surface area contributed by atoms with Gasteiger partial charge in [-0.25, -0.2) is 0 Å². The monoisotopic (exact) mass is 195 g/mol. The Kier molecular flexibility index (Phi) is 4.19. The van der Waals surface area contributed by atoms with E-state index in [0.717, 1.165) is 13.1 Å². The van der Waals surface area contributed by atoms with Crippen LogP contribution < -0.4 is 10.6 Å². The molecule has 1 aromatic rings. The molecule has 1 rings (SSSR count). The minimum absolute atomic E-state index is 0.0191. The van der Waals surface area contributed by atoms with Gasteiger partial charge < -0.3 is 15.2 Å². The van der Waals surface area contributed by atoms with Gasteiger partial charge in [0.05, 0.1) is 0 Å². The highest BCUT2D eigenvalue weighted by Crippen LogP contribution is 1.97. The van der Waals surface area contributed by atoms with E-state index in [9.17, 15) is 4.79 Å². The van der Waals surface area contributed by atoms with E-state index in [-0.39, 0.29) is 5.91 Å². The first-order valence-electron chi connectivity index (χ1n) is 4.75. The molecule has 0 aromatic carbocycles. The summed E-state index contributed by atoms with van der Waals surface area (Å²) < 4.78 is 2.07. The first-order chi connectivity index (χ1) is 6.70. The van der Waals surface area contributed by atoms with Crippen molar-refractivity contribution in [2.24, 2.45) is 7.05 Å². The molecule has 0 aliphatic carbocycles. The first-order valence-corrected chi connectivity index (χ1v) is 4.75. The SMILES string of the molecule is CC(=O)NCCNCc1cccn1C. The number of hydrogen-bond donors (Lipinski definition) is 2. The van der Waals surface area contributed by atoms with E-state index in [1.54, 1.807) is 0 Å². The predicted molar refractivity (Wildman–Crippen MR) is 55.8 cm³/mol. The lowest BCUT2D eigenvalue weighted by atomic mass is 10.4. The van der Waals surface area contributed by atoms with Gasteiger partial charge in [-0.3, -0.25) is 4.79 Å². The number of nitrogens with zero attached hydrogens (tertiary/aromatic N) is 1. The van der Waals surface area contributed by atoms with Crippen LogP contribution in [0.1, 0.15) is 12.6 Å². The van der Waals surface area contributed by atoms with Crippen LogP contribution in [0.15, 0.2) is 18.3 Å². The molecule has 0 fully saturated rings. The minimum atomic E-state index is 0.0191. The molecule has 14 heavy (non-hydrogen) atoms. The van der Waals surface area contributed by atoms with Gasteiger partial charge in [0.25, 0.3) is 0 Å². The second-order valence-corrected chi connectivity index (χ2v) is 3.27. The van der Waals surface area contributed by atoms with Crippen LogP contribution in [0.5, 0.6) is 0 Å². The standard InChI is InChI=1S/C10H17N3O/c1-9(14)12-6-5-11-8-10-4-3-7-13(10)2/h3-4,7,11H,5-6,8H2,1-2H3,(H,12,14). The van der Waals surface area contributed by atoms with Crippen molar-refractivity contribution in [3.63, 3.8) is 0 Å². The second-order valence-electron chi connectivity index (χ2n) is 3.27. The third kappa shape index (κ3) is 3.62. The van der Waals surface area contributed by atoms with E-state index in [4.69, 9.17) is 0 Å². The van der Waals surface area contributed by atoms with Gasteiger partial charge in [-0.15, -0.1) is 0 Å². The van der Waals surface area contributed by atoms with Crippen LogP contribution >= 0.6 is 0 Å². The van der Waals surface area contributed by atoms with E-state index < -0.39 is 0 Å². The van der Waals surface area contributed by atoms with E-state index in [2.05, 4.69) is 21.3 Å². The highest BCUT2D eigenvalue weighted by Gasteiger charge is 1.95. The molecule has 1 aromatic heterocycles. The van der Waals surface area contributed by atoms with Crippen LogP contribution in [0.2, 0.25) is 0 Å². The molecular weight excluding hydrogens is 178 g/mol. The highest BCUT2D eigenvalue weighted by atomic mass is 16.1. The molecule has 0 radical (unpaired) electrons. The Morgan fingerprint density at radius 3 is 2.86 bits per heavy atom. The number of hydrogen-bond acceptors (Lipinski definition) is 2. The Labute approximate surface area is 84.3 Å². The van der Waals surface area contributed by atoms with Crippen molar-refractivity contribution in [3.8, 4) is 0 Å². The van der Waals surface area contributed by atoms with Gasteiger partial charge in [0.1, 0.15) is 0 Å². The van der Waals surface area contributed by atoms with Gasteiger partial charge in [0.15, 0.2) is 0 Å². The molecule has 2 N–H and O–H groups in total. The number of aryl methyl sites for hydroxylation is 1. The summed E-state index contributed by atoms with van der Waals surface area (Å²) in [4.78, 5) is 10.5. The van der Waals surface area contributed by atoms with Gasteiger partial charge in [-0.05, 0) is 12.1 Å². The van der Waals surface area contributed by atoms with E-state index >= 15 is 0 Å². The summed E-state index contributed by atoms with van der Waals surface area (Å²) in [6.07, 6.45) is 2.02. The molecule has 0 aliphatic heterocycles. The summed E-state index contributed by atoms with van der Waals surface area (Å²) in [7, 11) is 2.02. The highest BCUT2D eigenvalue weighted by molar-refractivity contribution is 5.72. The second kappa shape index (κ2) is 5.44.